The summed E-state index contributed by atoms with van der Waals surface area (Å²) in [5.74, 6) is -2.46. The minimum absolute atomic E-state index is 0.0188. The van der Waals surface area contributed by atoms with Crippen LogP contribution in [0.5, 0.6) is 0 Å². The Bertz CT molecular complexity index is 1360. The van der Waals surface area contributed by atoms with Crippen molar-refractivity contribution in [2.45, 2.75) is 39.3 Å². The van der Waals surface area contributed by atoms with Gasteiger partial charge in [-0.15, -0.1) is 0 Å². The zero-order valence-corrected chi connectivity index (χ0v) is 23.5. The predicted molar refractivity (Wildman–Crippen MR) is 155 cm³/mol. The van der Waals surface area contributed by atoms with Crippen molar-refractivity contribution in [2.24, 2.45) is 5.92 Å². The summed E-state index contributed by atoms with van der Waals surface area (Å²) in [5, 5.41) is 27.4. The van der Waals surface area contributed by atoms with E-state index in [1.807, 2.05) is 68.4 Å². The molecule has 3 rings (SSSR count). The third kappa shape index (κ3) is 9.61. The van der Waals surface area contributed by atoms with Crippen LogP contribution in [0.4, 0.5) is 4.79 Å². The topological polar surface area (TPSA) is 145 Å². The summed E-state index contributed by atoms with van der Waals surface area (Å²) in [7, 11) is 0. The van der Waals surface area contributed by atoms with Crippen molar-refractivity contribution in [3.63, 3.8) is 0 Å². The molecule has 3 aromatic carbocycles. The summed E-state index contributed by atoms with van der Waals surface area (Å²) in [5.41, 5.74) is 2.74. The summed E-state index contributed by atoms with van der Waals surface area (Å²) in [4.78, 5) is 49.4. The van der Waals surface area contributed by atoms with E-state index in [2.05, 4.69) is 22.8 Å². The zero-order valence-electron chi connectivity index (χ0n) is 23.5. The van der Waals surface area contributed by atoms with E-state index >= 15 is 0 Å². The standard InChI is InChI=1S/C31H37N3O7/c1-20(2)18-34(19-28(36)30(39)41-15-14-32-21(3)35)31(40)33-27(29(37)38)16-22-8-10-24(11-9-22)26-13-12-23-6-4-5-7-25(23)17-26/h4-13,17,20,27-28,36H,14-16,18-19H2,1-3H3,(H,32,35)(H,33,40)(H,37,38)/t27-,28?/m0/s1. The second kappa shape index (κ2) is 14.8. The zero-order chi connectivity index (χ0) is 29.9. The van der Waals surface area contributed by atoms with Gasteiger partial charge in [-0.3, -0.25) is 4.79 Å². The smallest absolute Gasteiger partial charge is 0.336 e. The number of urea groups is 1. The molecule has 0 aliphatic carbocycles. The highest BCUT2D eigenvalue weighted by Gasteiger charge is 2.28. The number of carbonyl (C=O) groups excluding carboxylic acids is 3. The average Bonchev–Trinajstić information content (AvgIpc) is 2.94. The number of carbonyl (C=O) groups is 4. The number of aliphatic carboxylic acids is 1. The molecule has 10 heteroatoms. The molecular formula is C31H37N3O7. The molecule has 0 aliphatic heterocycles. The number of nitrogens with one attached hydrogen (secondary N) is 2. The normalized spacial score (nSPS) is 12.4. The van der Waals surface area contributed by atoms with Crippen LogP contribution in [0, 0.1) is 5.92 Å². The molecule has 0 saturated carbocycles. The van der Waals surface area contributed by atoms with Gasteiger partial charge in [0.25, 0.3) is 0 Å². The maximum atomic E-state index is 13.1. The first kappa shape index (κ1) is 31.1. The first-order valence-electron chi connectivity index (χ1n) is 13.5. The van der Waals surface area contributed by atoms with Crippen molar-refractivity contribution >= 4 is 34.6 Å². The molecule has 2 atom stereocenters. The van der Waals surface area contributed by atoms with Gasteiger partial charge in [-0.25, -0.2) is 14.4 Å². The van der Waals surface area contributed by atoms with Crippen molar-refractivity contribution in [3.05, 3.63) is 72.3 Å². The summed E-state index contributed by atoms with van der Waals surface area (Å²) in [6, 6.07) is 19.8. The number of aliphatic hydroxyl groups excluding tert-OH is 1. The number of ether oxygens (including phenoxy) is 1. The van der Waals surface area contributed by atoms with Crippen LogP contribution < -0.4 is 10.6 Å². The Morgan fingerprint density at radius 2 is 1.56 bits per heavy atom. The molecule has 0 bridgehead atoms. The van der Waals surface area contributed by atoms with E-state index in [1.54, 1.807) is 0 Å². The average molecular weight is 564 g/mol. The van der Waals surface area contributed by atoms with Crippen LogP contribution in [0.3, 0.4) is 0 Å². The van der Waals surface area contributed by atoms with E-state index in [0.29, 0.717) is 0 Å². The number of rotatable bonds is 13. The molecule has 0 heterocycles. The lowest BCUT2D eigenvalue weighted by Crippen LogP contribution is -2.52. The Kier molecular flexibility index (Phi) is 11.2. The summed E-state index contributed by atoms with van der Waals surface area (Å²) < 4.78 is 4.94. The van der Waals surface area contributed by atoms with Crippen LogP contribution in [0.15, 0.2) is 66.7 Å². The van der Waals surface area contributed by atoms with Gasteiger partial charge < -0.3 is 30.5 Å². The lowest BCUT2D eigenvalue weighted by Gasteiger charge is -2.28. The highest BCUT2D eigenvalue weighted by molar-refractivity contribution is 5.87. The second-order valence-electron chi connectivity index (χ2n) is 10.3. The molecule has 0 radical (unpaired) electrons. The Labute approximate surface area is 239 Å². The van der Waals surface area contributed by atoms with Crippen LogP contribution >= 0.6 is 0 Å². The molecule has 10 nitrogen and oxygen atoms in total. The van der Waals surface area contributed by atoms with Gasteiger partial charge in [0.15, 0.2) is 6.10 Å². The van der Waals surface area contributed by atoms with Crippen LogP contribution in [0.2, 0.25) is 0 Å². The SMILES string of the molecule is CC(=O)NCCOC(=O)C(O)CN(CC(C)C)C(=O)N[C@@H](Cc1ccc(-c2ccc3ccccc3c2)cc1)C(=O)O. The predicted octanol–water partition coefficient (Wildman–Crippen LogP) is 3.21. The van der Waals surface area contributed by atoms with E-state index in [9.17, 15) is 29.4 Å². The van der Waals surface area contributed by atoms with Crippen molar-refractivity contribution in [2.75, 3.05) is 26.2 Å². The number of aliphatic hydroxyl groups is 1. The number of hydrogen-bond acceptors (Lipinski definition) is 6. The number of carboxylic acid groups (broad SMARTS) is 1. The number of fused-ring (bicyclic) bond motifs is 1. The number of esters is 1. The molecule has 3 amide bonds. The molecule has 0 spiro atoms. The van der Waals surface area contributed by atoms with Gasteiger partial charge in [-0.2, -0.15) is 0 Å². The van der Waals surface area contributed by atoms with Gasteiger partial charge in [0.2, 0.25) is 5.91 Å². The van der Waals surface area contributed by atoms with Gasteiger partial charge in [0.1, 0.15) is 12.6 Å². The Hall–Kier alpha value is -4.44. The van der Waals surface area contributed by atoms with E-state index in [4.69, 9.17) is 4.74 Å². The second-order valence-corrected chi connectivity index (χ2v) is 10.3. The van der Waals surface area contributed by atoms with Crippen LogP contribution in [-0.4, -0.2) is 77.4 Å². The molecule has 0 saturated heterocycles. The molecule has 3 aromatic rings. The minimum Gasteiger partial charge on any atom is -0.480 e. The quantitative estimate of drug-likeness (QED) is 0.185. The maximum Gasteiger partial charge on any atom is 0.336 e. The van der Waals surface area contributed by atoms with Crippen LogP contribution in [-0.2, 0) is 25.5 Å². The first-order chi connectivity index (χ1) is 19.5. The highest BCUT2D eigenvalue weighted by atomic mass is 16.5. The molecule has 41 heavy (non-hydrogen) atoms. The van der Waals surface area contributed by atoms with Crippen molar-refractivity contribution in [1.29, 1.82) is 0 Å². The first-order valence-corrected chi connectivity index (χ1v) is 13.5. The van der Waals surface area contributed by atoms with Crippen molar-refractivity contribution < 1.29 is 34.1 Å². The van der Waals surface area contributed by atoms with Gasteiger partial charge in [-0.05, 0) is 39.4 Å². The van der Waals surface area contributed by atoms with E-state index in [1.165, 1.54) is 11.8 Å². The van der Waals surface area contributed by atoms with E-state index in [-0.39, 0.29) is 44.5 Å². The summed E-state index contributed by atoms with van der Waals surface area (Å²) >= 11 is 0. The molecule has 4 N–H and O–H groups in total. The van der Waals surface area contributed by atoms with Crippen LogP contribution in [0.25, 0.3) is 21.9 Å². The number of carboxylic acids is 1. The van der Waals surface area contributed by atoms with Gasteiger partial charge in [0, 0.05) is 19.9 Å². The third-order valence-electron chi connectivity index (χ3n) is 6.33. The largest absolute Gasteiger partial charge is 0.480 e. The van der Waals surface area contributed by atoms with Crippen LogP contribution in [0.1, 0.15) is 26.3 Å². The molecular weight excluding hydrogens is 526 g/mol. The van der Waals surface area contributed by atoms with Crippen molar-refractivity contribution in [3.8, 4) is 11.1 Å². The molecule has 218 valence electrons. The molecule has 0 aromatic heterocycles. The number of benzene rings is 3. The fourth-order valence-electron chi connectivity index (χ4n) is 4.32. The lowest BCUT2D eigenvalue weighted by atomic mass is 9.98. The van der Waals surface area contributed by atoms with E-state index in [0.717, 1.165) is 27.5 Å². The van der Waals surface area contributed by atoms with Gasteiger partial charge in [-0.1, -0.05) is 74.5 Å². The maximum absolute atomic E-state index is 13.1. The number of hydrogen-bond donors (Lipinski definition) is 4. The number of nitrogens with zero attached hydrogens (tertiary/aromatic N) is 1. The van der Waals surface area contributed by atoms with Crippen molar-refractivity contribution in [1.82, 2.24) is 15.5 Å². The summed E-state index contributed by atoms with van der Waals surface area (Å²) in [6.07, 6.45) is -1.59. The fraction of sp³-hybridized carbons (Fsp3) is 0.355. The summed E-state index contributed by atoms with van der Waals surface area (Å²) in [6.45, 7) is 4.78. The Balaban J connectivity index is 1.63. The monoisotopic (exact) mass is 563 g/mol. The van der Waals surface area contributed by atoms with E-state index < -0.39 is 30.1 Å². The fourth-order valence-corrected chi connectivity index (χ4v) is 4.32. The highest BCUT2D eigenvalue weighted by Crippen LogP contribution is 2.25. The Morgan fingerprint density at radius 1 is 0.902 bits per heavy atom. The molecule has 0 aliphatic rings. The number of amides is 3. The third-order valence-corrected chi connectivity index (χ3v) is 6.33. The molecule has 1 unspecified atom stereocenters. The lowest BCUT2D eigenvalue weighted by molar-refractivity contribution is -0.154. The minimum atomic E-state index is -1.64. The Morgan fingerprint density at radius 3 is 2.20 bits per heavy atom. The van der Waals surface area contributed by atoms with Gasteiger partial charge >= 0.3 is 18.0 Å². The molecule has 0 fully saturated rings. The van der Waals surface area contributed by atoms with Gasteiger partial charge in [0.05, 0.1) is 13.1 Å².